The summed E-state index contributed by atoms with van der Waals surface area (Å²) in [5.74, 6) is -2.19. The van der Waals surface area contributed by atoms with Crippen molar-refractivity contribution >= 4 is 11.0 Å². The monoisotopic (exact) mass is 610 g/mol. The Labute approximate surface area is 241 Å². The summed E-state index contributed by atoms with van der Waals surface area (Å²) in [7, 11) is 0. The van der Waals surface area contributed by atoms with Crippen LogP contribution in [-0.2, 0) is 9.47 Å². The van der Waals surface area contributed by atoms with Gasteiger partial charge in [0.25, 0.3) is 0 Å². The zero-order chi connectivity index (χ0) is 31.2. The van der Waals surface area contributed by atoms with E-state index in [9.17, 15) is 55.9 Å². The molecule has 10 atom stereocenters. The van der Waals surface area contributed by atoms with Crippen LogP contribution in [0.3, 0.4) is 0 Å². The Hall–Kier alpha value is -3.55. The molecule has 0 saturated carbocycles. The first-order valence-electron chi connectivity index (χ1n) is 13.0. The van der Waals surface area contributed by atoms with Crippen LogP contribution in [0.5, 0.6) is 23.0 Å². The summed E-state index contributed by atoms with van der Waals surface area (Å²) in [6.45, 7) is -1.58. The molecule has 16 nitrogen and oxygen atoms in total. The van der Waals surface area contributed by atoms with Gasteiger partial charge in [0, 0.05) is 17.7 Å². The highest BCUT2D eigenvalue weighted by atomic mass is 16.7. The molecule has 10 N–H and O–H groups in total. The summed E-state index contributed by atoms with van der Waals surface area (Å²) in [5, 5.41) is 101. The number of phenolic OH excluding ortho intramolecular Hbond substituents is 2. The Balaban J connectivity index is 1.62. The average Bonchev–Trinajstić information content (AvgIpc) is 2.99. The van der Waals surface area contributed by atoms with Crippen LogP contribution in [0.4, 0.5) is 0 Å². The summed E-state index contributed by atoms with van der Waals surface area (Å²) < 4.78 is 27.8. The molecule has 43 heavy (non-hydrogen) atoms. The van der Waals surface area contributed by atoms with Gasteiger partial charge >= 0.3 is 0 Å². The zero-order valence-electron chi connectivity index (χ0n) is 22.1. The molecule has 2 saturated heterocycles. The lowest BCUT2D eigenvalue weighted by Gasteiger charge is -2.41. The summed E-state index contributed by atoms with van der Waals surface area (Å²) >= 11 is 0. The van der Waals surface area contributed by atoms with Crippen molar-refractivity contribution in [3.8, 4) is 34.3 Å². The molecule has 0 aliphatic carbocycles. The van der Waals surface area contributed by atoms with Crippen molar-refractivity contribution in [2.45, 2.75) is 61.4 Å². The van der Waals surface area contributed by atoms with Crippen molar-refractivity contribution in [3.63, 3.8) is 0 Å². The lowest BCUT2D eigenvalue weighted by atomic mass is 9.99. The second kappa shape index (κ2) is 12.2. The largest absolute Gasteiger partial charge is 0.508 e. The Bertz CT molecular complexity index is 1490. The number of aromatic hydroxyl groups is 2. The molecule has 3 heterocycles. The minimum absolute atomic E-state index is 0.0123. The summed E-state index contributed by atoms with van der Waals surface area (Å²) in [4.78, 5) is 13.2. The Morgan fingerprint density at radius 2 is 1.23 bits per heavy atom. The number of fused-ring (bicyclic) bond motifs is 1. The number of phenols is 2. The number of aliphatic hydroxyl groups excluding tert-OH is 8. The third-order valence-corrected chi connectivity index (χ3v) is 7.24. The maximum atomic E-state index is 13.2. The van der Waals surface area contributed by atoms with Gasteiger partial charge in [0.1, 0.15) is 71.3 Å². The second-order valence-corrected chi connectivity index (χ2v) is 10.1. The van der Waals surface area contributed by atoms with Gasteiger partial charge in [-0.2, -0.15) is 0 Å². The highest BCUT2D eigenvalue weighted by Crippen LogP contribution is 2.45. The standard InChI is InChI=1S/C27H30O16/c28-7-15-18(32)21(35)23(37)26(41-15)40-14-6-13-17(11(31)5-12(39-13)9-1-3-10(30)4-2-9)20(34)25(14)43-27-24(38)22(36)19(33)16(8-29)42-27/h1-6,15-16,18-19,21-24,26-30,32-38H,7-8H2. The van der Waals surface area contributed by atoms with Crippen LogP contribution in [-0.4, -0.2) is 126 Å². The number of ether oxygens (including phenoxy) is 4. The van der Waals surface area contributed by atoms with Crippen molar-refractivity contribution in [2.75, 3.05) is 13.2 Å². The van der Waals surface area contributed by atoms with E-state index in [0.717, 1.165) is 12.1 Å². The van der Waals surface area contributed by atoms with Gasteiger partial charge in [0.2, 0.25) is 18.3 Å². The van der Waals surface area contributed by atoms with Crippen LogP contribution < -0.4 is 14.9 Å². The van der Waals surface area contributed by atoms with E-state index in [4.69, 9.17) is 23.4 Å². The van der Waals surface area contributed by atoms with Crippen LogP contribution in [0.1, 0.15) is 0 Å². The second-order valence-electron chi connectivity index (χ2n) is 10.1. The summed E-state index contributed by atoms with van der Waals surface area (Å²) in [6, 6.07) is 7.71. The van der Waals surface area contributed by atoms with E-state index in [1.807, 2.05) is 0 Å². The average molecular weight is 611 g/mol. The minimum Gasteiger partial charge on any atom is -0.508 e. The number of hydrogen-bond acceptors (Lipinski definition) is 16. The molecular formula is C27H30O16. The molecule has 234 valence electrons. The summed E-state index contributed by atoms with van der Waals surface area (Å²) in [5.41, 5.74) is -0.692. The van der Waals surface area contributed by atoms with Crippen LogP contribution in [0.2, 0.25) is 0 Å². The van der Waals surface area contributed by atoms with Crippen LogP contribution in [0.15, 0.2) is 45.6 Å². The SMILES string of the molecule is O=c1cc(-c2ccc(O)cc2)oc2cc(OC3OC(CO)C(O)C(O)C3O)c(OC3OC(CO)C(O)C(O)C3O)c(O)c12. The molecule has 0 amide bonds. The molecule has 2 aliphatic rings. The van der Waals surface area contributed by atoms with Crippen molar-refractivity contribution < 1.29 is 74.4 Å². The van der Waals surface area contributed by atoms with Gasteiger partial charge < -0.3 is 74.4 Å². The predicted molar refractivity (Wildman–Crippen MR) is 140 cm³/mol. The Kier molecular flexibility index (Phi) is 8.77. The lowest BCUT2D eigenvalue weighted by Crippen LogP contribution is -2.60. The van der Waals surface area contributed by atoms with E-state index < -0.39 is 103 Å². The topological polar surface area (TPSA) is 269 Å². The molecule has 5 rings (SSSR count). The first-order chi connectivity index (χ1) is 20.4. The van der Waals surface area contributed by atoms with Gasteiger partial charge in [-0.25, -0.2) is 0 Å². The number of aliphatic hydroxyl groups is 8. The molecule has 10 unspecified atom stereocenters. The minimum atomic E-state index is -1.94. The van der Waals surface area contributed by atoms with Gasteiger partial charge in [-0.1, -0.05) is 0 Å². The Morgan fingerprint density at radius 1 is 0.698 bits per heavy atom. The Morgan fingerprint density at radius 3 is 1.77 bits per heavy atom. The number of benzene rings is 2. The van der Waals surface area contributed by atoms with Gasteiger partial charge in [-0.15, -0.1) is 0 Å². The third-order valence-electron chi connectivity index (χ3n) is 7.24. The molecule has 16 heteroatoms. The zero-order valence-corrected chi connectivity index (χ0v) is 22.1. The maximum Gasteiger partial charge on any atom is 0.229 e. The molecule has 2 aromatic carbocycles. The van der Waals surface area contributed by atoms with E-state index in [1.54, 1.807) is 0 Å². The van der Waals surface area contributed by atoms with Crippen molar-refractivity contribution in [1.29, 1.82) is 0 Å². The van der Waals surface area contributed by atoms with Crippen LogP contribution in [0, 0.1) is 0 Å². The molecule has 0 radical (unpaired) electrons. The molecule has 2 fully saturated rings. The van der Waals surface area contributed by atoms with Gasteiger partial charge in [-0.05, 0) is 24.3 Å². The molecule has 1 aromatic heterocycles. The van der Waals surface area contributed by atoms with Gasteiger partial charge in [-0.3, -0.25) is 4.79 Å². The van der Waals surface area contributed by atoms with Crippen molar-refractivity contribution in [3.05, 3.63) is 46.6 Å². The van der Waals surface area contributed by atoms with Crippen molar-refractivity contribution in [1.82, 2.24) is 0 Å². The third kappa shape index (κ3) is 5.73. The van der Waals surface area contributed by atoms with E-state index in [0.29, 0.717) is 5.56 Å². The smallest absolute Gasteiger partial charge is 0.229 e. The van der Waals surface area contributed by atoms with E-state index in [2.05, 4.69) is 0 Å². The van der Waals surface area contributed by atoms with Gasteiger partial charge in [0.05, 0.1) is 13.2 Å². The highest BCUT2D eigenvalue weighted by molar-refractivity contribution is 5.89. The fourth-order valence-electron chi connectivity index (χ4n) is 4.80. The quantitative estimate of drug-likeness (QED) is 0.130. The maximum absolute atomic E-state index is 13.2. The normalized spacial score (nSPS) is 32.9. The molecule has 0 spiro atoms. The van der Waals surface area contributed by atoms with Crippen LogP contribution >= 0.6 is 0 Å². The first-order valence-corrected chi connectivity index (χ1v) is 13.0. The number of hydrogen-bond donors (Lipinski definition) is 10. The van der Waals surface area contributed by atoms with E-state index in [1.165, 1.54) is 24.3 Å². The fraction of sp³-hybridized carbons (Fsp3) is 0.444. The molecule has 0 bridgehead atoms. The van der Waals surface area contributed by atoms with E-state index >= 15 is 0 Å². The fourth-order valence-corrected chi connectivity index (χ4v) is 4.80. The highest BCUT2D eigenvalue weighted by Gasteiger charge is 2.47. The van der Waals surface area contributed by atoms with E-state index in [-0.39, 0.29) is 17.1 Å². The first kappa shape index (κ1) is 30.9. The lowest BCUT2D eigenvalue weighted by molar-refractivity contribution is -0.282. The summed E-state index contributed by atoms with van der Waals surface area (Å²) in [6.07, 6.45) is -17.5. The van der Waals surface area contributed by atoms with Crippen molar-refractivity contribution in [2.24, 2.45) is 0 Å². The predicted octanol–water partition coefficient (Wildman–Crippen LogP) is -2.77. The van der Waals surface area contributed by atoms with Crippen LogP contribution in [0.25, 0.3) is 22.3 Å². The molecule has 3 aromatic rings. The van der Waals surface area contributed by atoms with Gasteiger partial charge in [0.15, 0.2) is 16.9 Å². The number of rotatable bonds is 7. The molecular weight excluding hydrogens is 580 g/mol. The molecule has 2 aliphatic heterocycles.